The molecule has 0 radical (unpaired) electrons. The van der Waals surface area contributed by atoms with Crippen molar-refractivity contribution in [2.45, 2.75) is 38.7 Å². The lowest BCUT2D eigenvalue weighted by molar-refractivity contribution is 0.0914. The van der Waals surface area contributed by atoms with Crippen LogP contribution in [0.25, 0.3) is 0 Å². The second-order valence-electron chi connectivity index (χ2n) is 4.20. The Kier molecular flexibility index (Phi) is 3.24. The number of aromatic nitrogens is 1. The largest absolute Gasteiger partial charge is 0.392 e. The maximum Gasteiger partial charge on any atom is 0.273 e. The molecule has 5 nitrogen and oxygen atoms in total. The Balaban J connectivity index is 2.08. The second kappa shape index (κ2) is 4.65. The summed E-state index contributed by atoms with van der Waals surface area (Å²) in [6.07, 6.45) is 3.34. The number of rotatable bonds is 3. The maximum absolute atomic E-state index is 11.7. The Labute approximate surface area is 93.8 Å². The molecule has 0 fully saturated rings. The number of aliphatic hydroxyl groups is 1. The number of hydrogen-bond donors (Lipinski definition) is 2. The Morgan fingerprint density at radius 3 is 3.06 bits per heavy atom. The number of hydrogen-bond acceptors (Lipinski definition) is 4. The Morgan fingerprint density at radius 2 is 2.31 bits per heavy atom. The molecule has 0 saturated carbocycles. The second-order valence-corrected chi connectivity index (χ2v) is 4.20. The van der Waals surface area contributed by atoms with E-state index >= 15 is 0 Å². The molecule has 5 heteroatoms. The molecule has 88 valence electrons. The molecule has 0 saturated heterocycles. The minimum atomic E-state index is -0.549. The van der Waals surface area contributed by atoms with Gasteiger partial charge in [0.1, 0.15) is 5.76 Å². The van der Waals surface area contributed by atoms with Gasteiger partial charge < -0.3 is 14.9 Å². The zero-order valence-corrected chi connectivity index (χ0v) is 9.32. The lowest BCUT2D eigenvalue weighted by atomic mass is 9.96. The molecular formula is C11H16N2O3. The van der Waals surface area contributed by atoms with Crippen LogP contribution >= 0.6 is 0 Å². The van der Waals surface area contributed by atoms with Gasteiger partial charge in [0, 0.05) is 18.5 Å². The van der Waals surface area contributed by atoms with E-state index in [9.17, 15) is 4.79 Å². The van der Waals surface area contributed by atoms with E-state index in [0.717, 1.165) is 37.0 Å². The van der Waals surface area contributed by atoms with Crippen molar-refractivity contribution in [1.29, 1.82) is 0 Å². The summed E-state index contributed by atoms with van der Waals surface area (Å²) in [6, 6.07) is 0. The fourth-order valence-corrected chi connectivity index (χ4v) is 1.89. The first kappa shape index (κ1) is 11.1. The molecule has 1 aromatic heterocycles. The lowest BCUT2D eigenvalue weighted by Crippen LogP contribution is -2.31. The Morgan fingerprint density at radius 1 is 1.56 bits per heavy atom. The summed E-state index contributed by atoms with van der Waals surface area (Å²) >= 11 is 0. The molecule has 0 aliphatic heterocycles. The van der Waals surface area contributed by atoms with Gasteiger partial charge in [-0.2, -0.15) is 0 Å². The molecule has 1 atom stereocenters. The van der Waals surface area contributed by atoms with Gasteiger partial charge in [0.15, 0.2) is 5.69 Å². The zero-order chi connectivity index (χ0) is 11.5. The van der Waals surface area contributed by atoms with Crippen molar-refractivity contribution in [3.63, 3.8) is 0 Å². The summed E-state index contributed by atoms with van der Waals surface area (Å²) in [5.74, 6) is 0.584. The Bertz CT molecular complexity index is 385. The molecule has 1 aliphatic rings. The van der Waals surface area contributed by atoms with Crippen LogP contribution in [0, 0.1) is 0 Å². The topological polar surface area (TPSA) is 75.4 Å². The van der Waals surface area contributed by atoms with Crippen LogP contribution in [0.4, 0.5) is 0 Å². The van der Waals surface area contributed by atoms with Crippen LogP contribution in [-0.2, 0) is 12.8 Å². The summed E-state index contributed by atoms with van der Waals surface area (Å²) in [5.41, 5.74) is 1.32. The molecule has 0 aromatic carbocycles. The zero-order valence-electron chi connectivity index (χ0n) is 9.32. The lowest BCUT2D eigenvalue weighted by Gasteiger charge is -2.09. The predicted molar refractivity (Wildman–Crippen MR) is 57.2 cm³/mol. The van der Waals surface area contributed by atoms with Crippen LogP contribution in [0.2, 0.25) is 0 Å². The molecule has 2 N–H and O–H groups in total. The van der Waals surface area contributed by atoms with Crippen LogP contribution in [0.1, 0.15) is 41.6 Å². The Hall–Kier alpha value is -1.36. The average molecular weight is 224 g/mol. The van der Waals surface area contributed by atoms with Gasteiger partial charge in [-0.1, -0.05) is 5.16 Å². The third-order valence-corrected chi connectivity index (χ3v) is 2.72. The summed E-state index contributed by atoms with van der Waals surface area (Å²) in [5, 5.41) is 15.5. The molecule has 1 amide bonds. The summed E-state index contributed by atoms with van der Waals surface area (Å²) < 4.78 is 5.14. The van der Waals surface area contributed by atoms with E-state index in [-0.39, 0.29) is 12.5 Å². The van der Waals surface area contributed by atoms with Gasteiger partial charge in [-0.15, -0.1) is 0 Å². The van der Waals surface area contributed by atoms with Gasteiger partial charge in [-0.25, -0.2) is 0 Å². The third kappa shape index (κ3) is 2.24. The minimum Gasteiger partial charge on any atom is -0.392 e. The fourth-order valence-electron chi connectivity index (χ4n) is 1.89. The maximum atomic E-state index is 11.7. The minimum absolute atomic E-state index is 0.237. The van der Waals surface area contributed by atoms with Crippen molar-refractivity contribution in [3.05, 3.63) is 17.0 Å². The van der Waals surface area contributed by atoms with Gasteiger partial charge in [0.05, 0.1) is 6.10 Å². The van der Waals surface area contributed by atoms with Crippen molar-refractivity contribution in [1.82, 2.24) is 10.5 Å². The average Bonchev–Trinajstić information content (AvgIpc) is 2.69. The molecule has 0 spiro atoms. The summed E-state index contributed by atoms with van der Waals surface area (Å²) in [4.78, 5) is 11.7. The first-order valence-corrected chi connectivity index (χ1v) is 5.62. The van der Waals surface area contributed by atoms with Crippen molar-refractivity contribution >= 4 is 5.91 Å². The standard InChI is InChI=1S/C11H16N2O3/c1-7(14)6-12-11(15)10-8-4-2-3-5-9(8)16-13-10/h7,14H,2-6H2,1H3,(H,12,15). The first-order valence-electron chi connectivity index (χ1n) is 5.62. The van der Waals surface area contributed by atoms with E-state index in [0.29, 0.717) is 5.69 Å². The molecule has 2 rings (SSSR count). The normalized spacial score (nSPS) is 16.6. The number of nitrogens with zero attached hydrogens (tertiary/aromatic N) is 1. The van der Waals surface area contributed by atoms with Crippen LogP contribution in [-0.4, -0.2) is 28.8 Å². The van der Waals surface area contributed by atoms with Gasteiger partial charge in [0.25, 0.3) is 5.91 Å². The highest BCUT2D eigenvalue weighted by atomic mass is 16.5. The quantitative estimate of drug-likeness (QED) is 0.791. The van der Waals surface area contributed by atoms with Crippen LogP contribution in [0.5, 0.6) is 0 Å². The highest BCUT2D eigenvalue weighted by Crippen LogP contribution is 2.23. The molecule has 1 unspecified atom stereocenters. The smallest absolute Gasteiger partial charge is 0.273 e. The number of amides is 1. The molecule has 16 heavy (non-hydrogen) atoms. The van der Waals surface area contributed by atoms with Gasteiger partial charge in [-0.05, 0) is 26.2 Å². The third-order valence-electron chi connectivity index (χ3n) is 2.72. The summed E-state index contributed by atoms with van der Waals surface area (Å²) in [6.45, 7) is 1.86. The van der Waals surface area contributed by atoms with Crippen molar-refractivity contribution in [3.8, 4) is 0 Å². The van der Waals surface area contributed by atoms with Crippen LogP contribution < -0.4 is 5.32 Å². The number of aryl methyl sites for hydroxylation is 1. The van der Waals surface area contributed by atoms with Crippen molar-refractivity contribution < 1.29 is 14.4 Å². The highest BCUT2D eigenvalue weighted by Gasteiger charge is 2.23. The number of nitrogens with one attached hydrogen (secondary N) is 1. The van der Waals surface area contributed by atoms with Crippen molar-refractivity contribution in [2.24, 2.45) is 0 Å². The van der Waals surface area contributed by atoms with Crippen LogP contribution in [0.15, 0.2) is 4.52 Å². The number of fused-ring (bicyclic) bond motifs is 1. The molecule has 1 aromatic rings. The van der Waals surface area contributed by atoms with E-state index in [1.807, 2.05) is 0 Å². The fraction of sp³-hybridized carbons (Fsp3) is 0.636. The van der Waals surface area contributed by atoms with E-state index in [1.54, 1.807) is 6.92 Å². The molecular weight excluding hydrogens is 208 g/mol. The van der Waals surface area contributed by atoms with E-state index in [2.05, 4.69) is 10.5 Å². The predicted octanol–water partition coefficient (Wildman–Crippen LogP) is 0.664. The van der Waals surface area contributed by atoms with Gasteiger partial charge in [-0.3, -0.25) is 4.79 Å². The van der Waals surface area contributed by atoms with E-state index < -0.39 is 6.10 Å². The van der Waals surface area contributed by atoms with Crippen molar-refractivity contribution in [2.75, 3.05) is 6.54 Å². The van der Waals surface area contributed by atoms with E-state index in [1.165, 1.54) is 0 Å². The number of carbonyl (C=O) groups is 1. The van der Waals surface area contributed by atoms with Crippen LogP contribution in [0.3, 0.4) is 0 Å². The summed E-state index contributed by atoms with van der Waals surface area (Å²) in [7, 11) is 0. The molecule has 0 bridgehead atoms. The van der Waals surface area contributed by atoms with Gasteiger partial charge in [0.2, 0.25) is 0 Å². The molecule has 1 heterocycles. The molecule has 1 aliphatic carbocycles. The number of carbonyl (C=O) groups excluding carboxylic acids is 1. The SMILES string of the molecule is CC(O)CNC(=O)c1noc2c1CCCC2. The van der Waals surface area contributed by atoms with Gasteiger partial charge >= 0.3 is 0 Å². The highest BCUT2D eigenvalue weighted by molar-refractivity contribution is 5.93. The first-order chi connectivity index (χ1) is 7.68. The van der Waals surface area contributed by atoms with E-state index in [4.69, 9.17) is 9.63 Å². The number of aliphatic hydroxyl groups excluding tert-OH is 1. The monoisotopic (exact) mass is 224 g/mol.